The number of hydrogen-bond acceptors (Lipinski definition) is 5. The Morgan fingerprint density at radius 1 is 1.26 bits per heavy atom. The molecule has 3 rings (SSSR count). The van der Waals surface area contributed by atoms with Crippen LogP contribution in [0.25, 0.3) is 6.08 Å². The number of hydrogen-bond donors (Lipinski definition) is 1. The first-order valence-corrected chi connectivity index (χ1v) is 12.3. The zero-order chi connectivity index (χ0) is 22.5. The van der Waals surface area contributed by atoms with Crippen molar-refractivity contribution in [1.29, 1.82) is 0 Å². The molecule has 1 aromatic carbocycles. The fourth-order valence-electron chi connectivity index (χ4n) is 3.13. The van der Waals surface area contributed by atoms with Gasteiger partial charge in [0.05, 0.1) is 36.7 Å². The maximum atomic E-state index is 12.8. The van der Waals surface area contributed by atoms with Gasteiger partial charge in [0.2, 0.25) is 5.91 Å². The number of thiophene rings is 1. The number of nitrogens with two attached hydrogens (primary N) is 1. The van der Waals surface area contributed by atoms with E-state index >= 15 is 0 Å². The molecule has 1 aromatic heterocycles. The van der Waals surface area contributed by atoms with Gasteiger partial charge < -0.3 is 10.6 Å². The van der Waals surface area contributed by atoms with Crippen molar-refractivity contribution in [2.24, 2.45) is 10.7 Å². The molecule has 2 aromatic rings. The lowest BCUT2D eigenvalue weighted by atomic mass is 10.1. The SMILES string of the molecule is C=Cc1cc(Cl)ccc1N=C(C(Br)=C(N)C(=O)CC(=O)N1CCCC1)c1ccc(Br)s1. The highest BCUT2D eigenvalue weighted by Gasteiger charge is 2.24. The summed E-state index contributed by atoms with van der Waals surface area (Å²) < 4.78 is 1.25. The molecule has 1 fully saturated rings. The first-order valence-electron chi connectivity index (χ1n) is 9.53. The van der Waals surface area contributed by atoms with Crippen molar-refractivity contribution in [1.82, 2.24) is 4.90 Å². The molecule has 0 spiro atoms. The number of carbonyl (C=O) groups excluding carboxylic acids is 2. The van der Waals surface area contributed by atoms with E-state index in [1.165, 1.54) is 11.3 Å². The van der Waals surface area contributed by atoms with Crippen LogP contribution in [-0.4, -0.2) is 35.4 Å². The van der Waals surface area contributed by atoms with E-state index in [2.05, 4.69) is 38.4 Å². The van der Waals surface area contributed by atoms with Gasteiger partial charge in [-0.3, -0.25) is 9.59 Å². The van der Waals surface area contributed by atoms with Gasteiger partial charge in [0, 0.05) is 23.7 Å². The summed E-state index contributed by atoms with van der Waals surface area (Å²) in [5, 5.41) is 0.569. The number of halogens is 3. The molecule has 9 heteroatoms. The minimum absolute atomic E-state index is 0.0371. The minimum Gasteiger partial charge on any atom is -0.395 e. The van der Waals surface area contributed by atoms with Crippen molar-refractivity contribution in [3.63, 3.8) is 0 Å². The third-order valence-corrected chi connectivity index (χ3v) is 7.43. The van der Waals surface area contributed by atoms with Crippen molar-refractivity contribution >= 4 is 84.0 Å². The van der Waals surface area contributed by atoms with Gasteiger partial charge in [-0.05, 0) is 75.0 Å². The van der Waals surface area contributed by atoms with Crippen LogP contribution in [0.4, 0.5) is 5.69 Å². The molecule has 31 heavy (non-hydrogen) atoms. The van der Waals surface area contributed by atoms with E-state index in [0.717, 1.165) is 27.1 Å². The number of aliphatic imine (C=N–C) groups is 1. The molecule has 1 amide bonds. The summed E-state index contributed by atoms with van der Waals surface area (Å²) in [7, 11) is 0. The van der Waals surface area contributed by atoms with Crippen LogP contribution in [0, 0.1) is 0 Å². The van der Waals surface area contributed by atoms with E-state index in [1.54, 1.807) is 29.2 Å². The van der Waals surface area contributed by atoms with E-state index in [-0.39, 0.29) is 18.0 Å². The molecule has 0 bridgehead atoms. The summed E-state index contributed by atoms with van der Waals surface area (Å²) in [4.78, 5) is 32.4. The molecule has 0 unspecified atom stereocenters. The number of rotatable bonds is 7. The molecule has 0 aliphatic carbocycles. The summed E-state index contributed by atoms with van der Waals surface area (Å²) in [5.41, 5.74) is 8.01. The third kappa shape index (κ3) is 5.94. The summed E-state index contributed by atoms with van der Waals surface area (Å²) >= 11 is 14.5. The van der Waals surface area contributed by atoms with Gasteiger partial charge in [-0.2, -0.15) is 0 Å². The number of benzene rings is 1. The monoisotopic (exact) mass is 583 g/mol. The Kier molecular flexibility index (Phi) is 8.27. The molecule has 1 aliphatic rings. The Labute approximate surface area is 206 Å². The summed E-state index contributed by atoms with van der Waals surface area (Å²) in [6, 6.07) is 9.04. The number of Topliss-reactive ketones (excluding diaryl/α,β-unsaturated/α-hetero) is 1. The topological polar surface area (TPSA) is 75.8 Å². The number of amides is 1. The second-order valence-corrected chi connectivity index (χ2v) is 10.6. The van der Waals surface area contributed by atoms with Gasteiger partial charge in [-0.25, -0.2) is 4.99 Å². The van der Waals surface area contributed by atoms with Gasteiger partial charge in [0.1, 0.15) is 0 Å². The van der Waals surface area contributed by atoms with Crippen molar-refractivity contribution in [3.8, 4) is 0 Å². The molecular formula is C22H20Br2ClN3O2S. The largest absolute Gasteiger partial charge is 0.395 e. The quantitative estimate of drug-likeness (QED) is 0.243. The average molecular weight is 586 g/mol. The van der Waals surface area contributed by atoms with Gasteiger partial charge in [0.15, 0.2) is 5.78 Å². The van der Waals surface area contributed by atoms with Crippen LogP contribution < -0.4 is 5.73 Å². The van der Waals surface area contributed by atoms with E-state index < -0.39 is 5.78 Å². The van der Waals surface area contributed by atoms with Gasteiger partial charge in [-0.15, -0.1) is 11.3 Å². The molecule has 1 saturated heterocycles. The molecule has 1 aliphatic heterocycles. The first-order chi connectivity index (χ1) is 14.8. The molecule has 162 valence electrons. The smallest absolute Gasteiger partial charge is 0.230 e. The zero-order valence-corrected chi connectivity index (χ0v) is 21.3. The number of nitrogens with zero attached hydrogens (tertiary/aromatic N) is 2. The maximum Gasteiger partial charge on any atom is 0.230 e. The van der Waals surface area contributed by atoms with Crippen LogP contribution in [0.5, 0.6) is 0 Å². The molecular weight excluding hydrogens is 566 g/mol. The Bertz CT molecular complexity index is 1090. The number of ketones is 1. The molecule has 5 nitrogen and oxygen atoms in total. The Balaban J connectivity index is 1.99. The maximum absolute atomic E-state index is 12.8. The number of allylic oxidation sites excluding steroid dienone is 2. The summed E-state index contributed by atoms with van der Waals surface area (Å²) in [5.74, 6) is -0.637. The number of carbonyl (C=O) groups is 2. The minimum atomic E-state index is -0.438. The first kappa shape index (κ1) is 23.9. The highest BCUT2D eigenvalue weighted by molar-refractivity contribution is 9.12. The molecule has 2 heterocycles. The second kappa shape index (κ2) is 10.7. The van der Waals surface area contributed by atoms with Gasteiger partial charge >= 0.3 is 0 Å². The van der Waals surface area contributed by atoms with Crippen molar-refractivity contribution in [2.75, 3.05) is 13.1 Å². The van der Waals surface area contributed by atoms with Crippen LogP contribution in [0.3, 0.4) is 0 Å². The van der Waals surface area contributed by atoms with Gasteiger partial charge in [0.25, 0.3) is 0 Å². The highest BCUT2D eigenvalue weighted by Crippen LogP contribution is 2.32. The van der Waals surface area contributed by atoms with E-state index in [4.69, 9.17) is 22.3 Å². The van der Waals surface area contributed by atoms with Crippen LogP contribution in [-0.2, 0) is 9.59 Å². The van der Waals surface area contributed by atoms with Crippen LogP contribution in [0.1, 0.15) is 29.7 Å². The van der Waals surface area contributed by atoms with Crippen LogP contribution >= 0.6 is 54.8 Å². The normalized spacial score (nSPS) is 15.1. The Morgan fingerprint density at radius 3 is 2.58 bits per heavy atom. The van der Waals surface area contributed by atoms with Crippen molar-refractivity contribution in [3.05, 3.63) is 66.3 Å². The van der Waals surface area contributed by atoms with Crippen molar-refractivity contribution < 1.29 is 9.59 Å². The van der Waals surface area contributed by atoms with Gasteiger partial charge in [-0.1, -0.05) is 24.3 Å². The predicted molar refractivity (Wildman–Crippen MR) is 135 cm³/mol. The number of likely N-dealkylation sites (tertiary alicyclic amines) is 1. The second-order valence-electron chi connectivity index (χ2n) is 6.89. The van der Waals surface area contributed by atoms with Crippen LogP contribution in [0.2, 0.25) is 5.02 Å². The van der Waals surface area contributed by atoms with Crippen LogP contribution in [0.15, 0.2) is 55.9 Å². The predicted octanol–water partition coefficient (Wildman–Crippen LogP) is 6.07. The molecule has 2 N–H and O–H groups in total. The fraction of sp³-hybridized carbons (Fsp3) is 0.227. The highest BCUT2D eigenvalue weighted by atomic mass is 79.9. The fourth-order valence-corrected chi connectivity index (χ4v) is 5.34. The summed E-state index contributed by atoms with van der Waals surface area (Å²) in [6.07, 6.45) is 3.33. The van der Waals surface area contributed by atoms with E-state index in [1.807, 2.05) is 12.1 Å². The third-order valence-electron chi connectivity index (χ3n) is 4.76. The Morgan fingerprint density at radius 2 is 1.97 bits per heavy atom. The van der Waals surface area contributed by atoms with Crippen molar-refractivity contribution in [2.45, 2.75) is 19.3 Å². The summed E-state index contributed by atoms with van der Waals surface area (Å²) in [6.45, 7) is 5.19. The lowest BCUT2D eigenvalue weighted by Crippen LogP contribution is -2.31. The van der Waals surface area contributed by atoms with E-state index in [0.29, 0.717) is 34.0 Å². The Hall–Kier alpha value is -1.74. The average Bonchev–Trinajstić information content (AvgIpc) is 3.43. The lowest BCUT2D eigenvalue weighted by Gasteiger charge is -2.15. The molecule has 0 saturated carbocycles. The van der Waals surface area contributed by atoms with E-state index in [9.17, 15) is 9.59 Å². The lowest BCUT2D eigenvalue weighted by molar-refractivity contribution is -0.133. The molecule has 0 atom stereocenters. The molecule has 0 radical (unpaired) electrons. The zero-order valence-electron chi connectivity index (χ0n) is 16.5. The standard InChI is InChI=1S/C22H20Br2ClN3O2S/c1-2-13-11-14(25)5-6-15(13)27-22(17-7-8-18(23)31-17)20(24)21(26)16(29)12-19(30)28-9-3-4-10-28/h2,5-8,11H,1,3-4,9-10,12,26H2.